The average molecular weight is 756 g/mol. The summed E-state index contributed by atoms with van der Waals surface area (Å²) in [6.45, 7) is 2.38. The van der Waals surface area contributed by atoms with Crippen molar-refractivity contribution >= 4 is 72.1 Å². The summed E-state index contributed by atoms with van der Waals surface area (Å²) in [5.74, 6) is 1.56. The topological polar surface area (TPSA) is 77.4 Å². The molecule has 1 fully saturated rings. The highest BCUT2D eigenvalue weighted by molar-refractivity contribution is 6.02. The predicted molar refractivity (Wildman–Crippen MR) is 241 cm³/mol. The van der Waals surface area contributed by atoms with Crippen molar-refractivity contribution < 1.29 is 0 Å². The van der Waals surface area contributed by atoms with Crippen molar-refractivity contribution in [1.82, 2.24) is 0 Å². The molecule has 0 unspecified atom stereocenters. The van der Waals surface area contributed by atoms with Crippen molar-refractivity contribution in [2.24, 2.45) is 36.6 Å². The van der Waals surface area contributed by atoms with Gasteiger partial charge in [0.05, 0.1) is 34.1 Å². The molecule has 58 heavy (non-hydrogen) atoms. The van der Waals surface area contributed by atoms with E-state index in [0.29, 0.717) is 5.92 Å². The van der Waals surface area contributed by atoms with Crippen LogP contribution in [0.1, 0.15) is 44.1 Å². The largest absolute Gasteiger partial charge is 0.377 e. The van der Waals surface area contributed by atoms with Crippen LogP contribution in [0.15, 0.2) is 188 Å². The van der Waals surface area contributed by atoms with Crippen molar-refractivity contribution in [3.05, 3.63) is 163 Å². The van der Waals surface area contributed by atoms with E-state index >= 15 is 0 Å². The second-order valence-corrected chi connectivity index (χ2v) is 15.6. The number of benzene rings is 8. The van der Waals surface area contributed by atoms with Gasteiger partial charge in [-0.2, -0.15) is 5.11 Å². The van der Waals surface area contributed by atoms with Gasteiger partial charge in [0.1, 0.15) is 0 Å². The molecule has 0 radical (unpaired) electrons. The second kappa shape index (κ2) is 16.3. The van der Waals surface area contributed by atoms with Crippen LogP contribution in [0.5, 0.6) is 0 Å². The monoisotopic (exact) mass is 755 g/mol. The molecule has 8 aromatic rings. The van der Waals surface area contributed by atoms with Crippen LogP contribution in [-0.2, 0) is 0 Å². The van der Waals surface area contributed by atoms with Gasteiger partial charge in [-0.3, -0.25) is 0 Å². The molecule has 0 spiro atoms. The summed E-state index contributed by atoms with van der Waals surface area (Å²) in [7, 11) is 4.10. The van der Waals surface area contributed by atoms with Gasteiger partial charge in [-0.05, 0) is 89.9 Å². The van der Waals surface area contributed by atoms with Gasteiger partial charge in [0.15, 0.2) is 0 Å². The summed E-state index contributed by atoms with van der Waals surface area (Å²) >= 11 is 0. The summed E-state index contributed by atoms with van der Waals surface area (Å²) in [6, 6.07) is 53.9. The van der Waals surface area contributed by atoms with Gasteiger partial charge in [0.2, 0.25) is 0 Å². The Balaban J connectivity index is 0.934. The fourth-order valence-corrected chi connectivity index (χ4v) is 8.22. The Bertz CT molecular complexity index is 2830. The number of azo groups is 3. The molecular formula is C51H45N7. The number of hydrogen-bond donors (Lipinski definition) is 0. The quantitative estimate of drug-likeness (QED) is 0.135. The molecule has 1 aliphatic carbocycles. The highest BCUT2D eigenvalue weighted by atomic mass is 15.1. The van der Waals surface area contributed by atoms with Gasteiger partial charge in [0, 0.05) is 52.1 Å². The molecule has 1 saturated carbocycles. The summed E-state index contributed by atoms with van der Waals surface area (Å²) in [4.78, 5) is 2.12. The Morgan fingerprint density at radius 3 is 1.17 bits per heavy atom. The van der Waals surface area contributed by atoms with Crippen LogP contribution in [0.4, 0.5) is 39.8 Å². The van der Waals surface area contributed by atoms with Crippen LogP contribution >= 0.6 is 0 Å². The zero-order valence-electron chi connectivity index (χ0n) is 33.1. The van der Waals surface area contributed by atoms with Gasteiger partial charge in [-0.25, -0.2) is 0 Å². The molecule has 7 nitrogen and oxygen atoms in total. The van der Waals surface area contributed by atoms with E-state index in [-0.39, 0.29) is 0 Å². The predicted octanol–water partition coefficient (Wildman–Crippen LogP) is 16.4. The standard InChI is InChI=1S/C51H45N7/c1-34-16-18-35(19-17-34)36-20-22-37(23-21-36)38-24-26-39(27-25-38)52-53-46-28-29-47(41-11-5-4-10-40(41)46)54-55-48-30-31-49(43-13-7-6-12-42(43)48)56-57-50-32-33-51(58(2)3)45-15-9-8-14-44(45)50/h4-15,20-35H,16-19H2,1-3H3. The van der Waals surface area contributed by atoms with E-state index in [4.69, 9.17) is 20.5 Å². The van der Waals surface area contributed by atoms with Crippen LogP contribution in [0.2, 0.25) is 0 Å². The third-order valence-electron chi connectivity index (χ3n) is 11.5. The molecule has 8 aromatic carbocycles. The smallest absolute Gasteiger partial charge is 0.0936 e. The van der Waals surface area contributed by atoms with Crippen molar-refractivity contribution in [2.45, 2.75) is 38.5 Å². The van der Waals surface area contributed by atoms with E-state index in [0.717, 1.165) is 78.0 Å². The molecule has 0 heterocycles. The minimum atomic E-state index is 0.697. The molecule has 0 aromatic heterocycles. The summed E-state index contributed by atoms with van der Waals surface area (Å²) in [5.41, 5.74) is 9.68. The van der Waals surface area contributed by atoms with Crippen LogP contribution in [-0.4, -0.2) is 14.1 Å². The summed E-state index contributed by atoms with van der Waals surface area (Å²) in [6.07, 6.45) is 5.28. The second-order valence-electron chi connectivity index (χ2n) is 15.6. The number of anilines is 1. The first-order valence-electron chi connectivity index (χ1n) is 20.2. The summed E-state index contributed by atoms with van der Waals surface area (Å²) < 4.78 is 0. The maximum Gasteiger partial charge on any atom is 0.0936 e. The van der Waals surface area contributed by atoms with E-state index < -0.39 is 0 Å². The molecule has 0 bridgehead atoms. The molecule has 284 valence electrons. The molecule has 0 amide bonds. The molecule has 0 atom stereocenters. The fourth-order valence-electron chi connectivity index (χ4n) is 8.22. The Kier molecular flexibility index (Phi) is 10.3. The lowest BCUT2D eigenvalue weighted by Gasteiger charge is -2.26. The van der Waals surface area contributed by atoms with E-state index in [1.54, 1.807) is 0 Å². The highest BCUT2D eigenvalue weighted by Gasteiger charge is 2.19. The Hall–Kier alpha value is -6.86. The molecule has 1 aliphatic rings. The van der Waals surface area contributed by atoms with Crippen LogP contribution in [0, 0.1) is 5.92 Å². The third-order valence-corrected chi connectivity index (χ3v) is 11.5. The lowest BCUT2D eigenvalue weighted by molar-refractivity contribution is 0.348. The van der Waals surface area contributed by atoms with Crippen molar-refractivity contribution in [1.29, 1.82) is 0 Å². The van der Waals surface area contributed by atoms with Gasteiger partial charge in [-0.1, -0.05) is 129 Å². The lowest BCUT2D eigenvalue weighted by Crippen LogP contribution is -2.10. The molecule has 0 N–H and O–H groups in total. The highest BCUT2D eigenvalue weighted by Crippen LogP contribution is 2.40. The first-order chi connectivity index (χ1) is 28.5. The maximum atomic E-state index is 4.76. The Morgan fingerprint density at radius 2 is 0.741 bits per heavy atom. The number of hydrogen-bond acceptors (Lipinski definition) is 7. The zero-order valence-corrected chi connectivity index (χ0v) is 33.1. The zero-order chi connectivity index (χ0) is 39.4. The van der Waals surface area contributed by atoms with Crippen LogP contribution in [0.25, 0.3) is 43.4 Å². The average Bonchev–Trinajstić information content (AvgIpc) is 3.27. The minimum absolute atomic E-state index is 0.697. The van der Waals surface area contributed by atoms with Gasteiger partial charge >= 0.3 is 0 Å². The number of nitrogens with zero attached hydrogens (tertiary/aromatic N) is 7. The van der Waals surface area contributed by atoms with E-state index in [1.807, 2.05) is 91.0 Å². The molecule has 0 aliphatic heterocycles. The Morgan fingerprint density at radius 1 is 0.379 bits per heavy atom. The number of fused-ring (bicyclic) bond motifs is 3. The minimum Gasteiger partial charge on any atom is -0.377 e. The first kappa shape index (κ1) is 36.8. The normalized spacial score (nSPS) is 16.1. The van der Waals surface area contributed by atoms with Crippen molar-refractivity contribution in [2.75, 3.05) is 19.0 Å². The molecular weight excluding hydrogens is 711 g/mol. The van der Waals surface area contributed by atoms with Crippen LogP contribution in [0.3, 0.4) is 0 Å². The SMILES string of the molecule is CC1CCC(c2ccc(-c3ccc(N=Nc4ccc(N=Nc5ccc(N=Nc6ccc(N(C)C)c7ccccc67)c6ccccc56)c5ccccc45)cc3)cc2)CC1. The van der Waals surface area contributed by atoms with Crippen molar-refractivity contribution in [3.63, 3.8) is 0 Å². The van der Waals surface area contributed by atoms with E-state index in [1.165, 1.54) is 42.4 Å². The van der Waals surface area contributed by atoms with Gasteiger partial charge < -0.3 is 4.90 Å². The van der Waals surface area contributed by atoms with Crippen LogP contribution < -0.4 is 4.90 Å². The molecule has 9 rings (SSSR count). The van der Waals surface area contributed by atoms with Gasteiger partial charge in [0.25, 0.3) is 0 Å². The third kappa shape index (κ3) is 7.63. The fraction of sp³-hybridized carbons (Fsp3) is 0.176. The Labute approximate surface area is 339 Å². The summed E-state index contributed by atoms with van der Waals surface area (Å²) in [5, 5.41) is 34.3. The molecule has 7 heteroatoms. The van der Waals surface area contributed by atoms with E-state index in [9.17, 15) is 0 Å². The molecule has 0 saturated heterocycles. The lowest BCUT2D eigenvalue weighted by atomic mass is 9.79. The maximum absolute atomic E-state index is 4.76. The number of rotatable bonds is 9. The van der Waals surface area contributed by atoms with Crippen molar-refractivity contribution in [3.8, 4) is 11.1 Å². The van der Waals surface area contributed by atoms with E-state index in [2.05, 4.69) is 103 Å². The first-order valence-corrected chi connectivity index (χ1v) is 20.2. The van der Waals surface area contributed by atoms with Gasteiger partial charge in [-0.15, -0.1) is 25.6 Å².